The Labute approximate surface area is 116 Å². The standard InChI is InChI=1S/C16H13NOS/c1-18-13-6-4-5-12(11-13)9-10-16-17-14-7-2-3-8-15(14)19-16/h2-11H,1H3. The van der Waals surface area contributed by atoms with Crippen molar-refractivity contribution in [2.75, 3.05) is 7.11 Å². The molecule has 0 saturated carbocycles. The van der Waals surface area contributed by atoms with E-state index in [-0.39, 0.29) is 0 Å². The third-order valence-corrected chi connectivity index (χ3v) is 3.82. The number of thiazole rings is 1. The van der Waals surface area contributed by atoms with Gasteiger partial charge in [0.25, 0.3) is 0 Å². The Hall–Kier alpha value is -2.13. The van der Waals surface area contributed by atoms with Crippen molar-refractivity contribution in [3.8, 4) is 5.75 Å². The summed E-state index contributed by atoms with van der Waals surface area (Å²) in [6.07, 6.45) is 4.10. The van der Waals surface area contributed by atoms with Crippen LogP contribution < -0.4 is 4.74 Å². The van der Waals surface area contributed by atoms with Gasteiger partial charge >= 0.3 is 0 Å². The summed E-state index contributed by atoms with van der Waals surface area (Å²) in [5.74, 6) is 0.867. The number of nitrogens with zero attached hydrogens (tertiary/aromatic N) is 1. The van der Waals surface area contributed by atoms with Crippen molar-refractivity contribution >= 4 is 33.7 Å². The van der Waals surface area contributed by atoms with Gasteiger partial charge in [-0.2, -0.15) is 0 Å². The maximum absolute atomic E-state index is 5.21. The average molecular weight is 267 g/mol. The maximum atomic E-state index is 5.21. The van der Waals surface area contributed by atoms with Gasteiger partial charge in [0.1, 0.15) is 10.8 Å². The Morgan fingerprint density at radius 1 is 1.05 bits per heavy atom. The number of aromatic nitrogens is 1. The lowest BCUT2D eigenvalue weighted by Gasteiger charge is -1.99. The second-order valence-electron chi connectivity index (χ2n) is 4.13. The highest BCUT2D eigenvalue weighted by molar-refractivity contribution is 7.19. The van der Waals surface area contributed by atoms with E-state index in [1.807, 2.05) is 48.5 Å². The van der Waals surface area contributed by atoms with Crippen molar-refractivity contribution in [2.24, 2.45) is 0 Å². The molecule has 0 N–H and O–H groups in total. The van der Waals surface area contributed by atoms with Crippen LogP contribution in [0.2, 0.25) is 0 Å². The monoisotopic (exact) mass is 267 g/mol. The summed E-state index contributed by atoms with van der Waals surface area (Å²) in [6.45, 7) is 0. The molecule has 0 radical (unpaired) electrons. The molecule has 3 rings (SSSR count). The van der Waals surface area contributed by atoms with Gasteiger partial charge in [0.2, 0.25) is 0 Å². The van der Waals surface area contributed by atoms with Crippen LogP contribution in [0.15, 0.2) is 48.5 Å². The number of rotatable bonds is 3. The Morgan fingerprint density at radius 3 is 2.79 bits per heavy atom. The Bertz CT molecular complexity index is 697. The van der Waals surface area contributed by atoms with Gasteiger partial charge in [0, 0.05) is 0 Å². The lowest BCUT2D eigenvalue weighted by Crippen LogP contribution is -1.82. The lowest BCUT2D eigenvalue weighted by molar-refractivity contribution is 0.414. The molecular formula is C16H13NOS. The van der Waals surface area contributed by atoms with Crippen molar-refractivity contribution in [3.05, 3.63) is 59.1 Å². The number of fused-ring (bicyclic) bond motifs is 1. The van der Waals surface area contributed by atoms with Crippen molar-refractivity contribution in [3.63, 3.8) is 0 Å². The summed E-state index contributed by atoms with van der Waals surface area (Å²) in [5.41, 5.74) is 2.16. The molecule has 0 spiro atoms. The van der Waals surface area contributed by atoms with Crippen LogP contribution >= 0.6 is 11.3 Å². The van der Waals surface area contributed by atoms with E-state index >= 15 is 0 Å². The zero-order valence-corrected chi connectivity index (χ0v) is 11.4. The summed E-state index contributed by atoms with van der Waals surface area (Å²) >= 11 is 1.70. The fourth-order valence-corrected chi connectivity index (χ4v) is 2.74. The summed E-state index contributed by atoms with van der Waals surface area (Å²) in [7, 11) is 1.68. The van der Waals surface area contributed by atoms with E-state index in [2.05, 4.69) is 17.1 Å². The van der Waals surface area contributed by atoms with Crippen LogP contribution in [0.3, 0.4) is 0 Å². The maximum Gasteiger partial charge on any atom is 0.119 e. The first-order valence-electron chi connectivity index (χ1n) is 6.03. The zero-order chi connectivity index (χ0) is 13.1. The van der Waals surface area contributed by atoms with E-state index in [1.54, 1.807) is 18.4 Å². The molecule has 0 fully saturated rings. The zero-order valence-electron chi connectivity index (χ0n) is 10.5. The second kappa shape index (κ2) is 5.24. The molecule has 2 nitrogen and oxygen atoms in total. The summed E-state index contributed by atoms with van der Waals surface area (Å²) in [5, 5.41) is 1.02. The van der Waals surface area contributed by atoms with Crippen LogP contribution in [-0.2, 0) is 0 Å². The van der Waals surface area contributed by atoms with Crippen molar-refractivity contribution in [1.82, 2.24) is 4.98 Å². The molecule has 3 aromatic rings. The number of para-hydroxylation sites is 1. The van der Waals surface area contributed by atoms with Crippen LogP contribution in [0.5, 0.6) is 5.75 Å². The minimum absolute atomic E-state index is 0.867. The van der Waals surface area contributed by atoms with Crippen molar-refractivity contribution in [2.45, 2.75) is 0 Å². The minimum Gasteiger partial charge on any atom is -0.497 e. The van der Waals surface area contributed by atoms with Crippen molar-refractivity contribution in [1.29, 1.82) is 0 Å². The fraction of sp³-hybridized carbons (Fsp3) is 0.0625. The molecular weight excluding hydrogens is 254 g/mol. The predicted octanol–water partition coefficient (Wildman–Crippen LogP) is 4.48. The van der Waals surface area contributed by atoms with Gasteiger partial charge in [0.15, 0.2) is 0 Å². The van der Waals surface area contributed by atoms with Gasteiger partial charge < -0.3 is 4.74 Å². The van der Waals surface area contributed by atoms with Crippen LogP contribution in [0, 0.1) is 0 Å². The van der Waals surface area contributed by atoms with Crippen LogP contribution in [-0.4, -0.2) is 12.1 Å². The number of ether oxygens (including phenoxy) is 1. The smallest absolute Gasteiger partial charge is 0.119 e. The molecule has 19 heavy (non-hydrogen) atoms. The molecule has 0 saturated heterocycles. The first-order valence-corrected chi connectivity index (χ1v) is 6.84. The molecule has 2 aromatic carbocycles. The van der Waals surface area contributed by atoms with Gasteiger partial charge in [0.05, 0.1) is 17.3 Å². The molecule has 0 aliphatic heterocycles. The molecule has 94 valence electrons. The second-order valence-corrected chi connectivity index (χ2v) is 5.19. The summed E-state index contributed by atoms with van der Waals surface area (Å²) < 4.78 is 6.42. The molecule has 0 aliphatic rings. The largest absolute Gasteiger partial charge is 0.497 e. The molecule has 0 atom stereocenters. The van der Waals surface area contributed by atoms with Gasteiger partial charge in [-0.1, -0.05) is 30.3 Å². The van der Waals surface area contributed by atoms with E-state index in [0.717, 1.165) is 21.8 Å². The Kier molecular flexibility index (Phi) is 3.29. The van der Waals surface area contributed by atoms with E-state index in [1.165, 1.54) is 4.70 Å². The van der Waals surface area contributed by atoms with Crippen LogP contribution in [0.1, 0.15) is 10.6 Å². The summed E-state index contributed by atoms with van der Waals surface area (Å²) in [4.78, 5) is 4.57. The quantitative estimate of drug-likeness (QED) is 0.698. The molecule has 0 aliphatic carbocycles. The molecule has 1 aromatic heterocycles. The SMILES string of the molecule is COc1cccc(C=Cc2nc3ccccc3s2)c1. The predicted molar refractivity (Wildman–Crippen MR) is 81.5 cm³/mol. The van der Waals surface area contributed by atoms with Gasteiger partial charge in [-0.3, -0.25) is 0 Å². The Balaban J connectivity index is 1.88. The third kappa shape index (κ3) is 2.66. The third-order valence-electron chi connectivity index (χ3n) is 2.82. The lowest BCUT2D eigenvalue weighted by atomic mass is 10.2. The molecule has 1 heterocycles. The fourth-order valence-electron chi connectivity index (χ4n) is 1.87. The first-order chi connectivity index (χ1) is 9.35. The number of hydrogen-bond acceptors (Lipinski definition) is 3. The van der Waals surface area contributed by atoms with E-state index < -0.39 is 0 Å². The van der Waals surface area contributed by atoms with Crippen molar-refractivity contribution < 1.29 is 4.74 Å². The number of benzene rings is 2. The summed E-state index contributed by atoms with van der Waals surface area (Å²) in [6, 6.07) is 16.2. The topological polar surface area (TPSA) is 22.1 Å². The highest BCUT2D eigenvalue weighted by Crippen LogP contribution is 2.23. The molecule has 0 bridgehead atoms. The van der Waals surface area contributed by atoms with Gasteiger partial charge in [-0.15, -0.1) is 11.3 Å². The van der Waals surface area contributed by atoms with E-state index in [9.17, 15) is 0 Å². The number of methoxy groups -OCH3 is 1. The first kappa shape index (κ1) is 11.9. The average Bonchev–Trinajstić information content (AvgIpc) is 2.88. The van der Waals surface area contributed by atoms with E-state index in [0.29, 0.717) is 0 Å². The van der Waals surface area contributed by atoms with Gasteiger partial charge in [-0.25, -0.2) is 4.98 Å². The Morgan fingerprint density at radius 2 is 1.95 bits per heavy atom. The normalized spacial score (nSPS) is 11.2. The highest BCUT2D eigenvalue weighted by Gasteiger charge is 1.99. The van der Waals surface area contributed by atoms with Crippen LogP contribution in [0.4, 0.5) is 0 Å². The minimum atomic E-state index is 0.867. The van der Waals surface area contributed by atoms with Gasteiger partial charge in [-0.05, 0) is 35.9 Å². The molecule has 0 amide bonds. The van der Waals surface area contributed by atoms with Crippen LogP contribution in [0.25, 0.3) is 22.4 Å². The number of hydrogen-bond donors (Lipinski definition) is 0. The molecule has 0 unspecified atom stereocenters. The van der Waals surface area contributed by atoms with E-state index in [4.69, 9.17) is 4.74 Å². The highest BCUT2D eigenvalue weighted by atomic mass is 32.1. The molecule has 3 heteroatoms.